The summed E-state index contributed by atoms with van der Waals surface area (Å²) < 4.78 is 5.97. The van der Waals surface area contributed by atoms with E-state index < -0.39 is 0 Å². The summed E-state index contributed by atoms with van der Waals surface area (Å²) in [5, 5.41) is 5.58. The number of aryl methyl sites for hydroxylation is 1. The van der Waals surface area contributed by atoms with Crippen LogP contribution in [0.25, 0.3) is 0 Å². The van der Waals surface area contributed by atoms with Crippen LogP contribution < -0.4 is 5.32 Å². The molecule has 0 bridgehead atoms. The molecule has 1 heterocycles. The summed E-state index contributed by atoms with van der Waals surface area (Å²) in [6, 6.07) is 4.74. The standard InChI is InChI=1S/C15H27NOS/c1-6-17-14(15(2,3)4)13(16-5)10-9-12-8-7-11-18-12/h7-8,11,13-14,16H,6,9-10H2,1-5H3. The number of hydrogen-bond acceptors (Lipinski definition) is 3. The Hall–Kier alpha value is -0.380. The van der Waals surface area contributed by atoms with Gasteiger partial charge < -0.3 is 10.1 Å². The molecule has 0 amide bonds. The van der Waals surface area contributed by atoms with Crippen LogP contribution in [-0.4, -0.2) is 25.8 Å². The summed E-state index contributed by atoms with van der Waals surface area (Å²) in [4.78, 5) is 1.46. The largest absolute Gasteiger partial charge is 0.376 e. The van der Waals surface area contributed by atoms with Crippen LogP contribution in [0.2, 0.25) is 0 Å². The van der Waals surface area contributed by atoms with Crippen molar-refractivity contribution < 1.29 is 4.74 Å². The molecule has 1 N–H and O–H groups in total. The molecule has 2 unspecified atom stereocenters. The SMILES string of the molecule is CCOC(C(CCc1cccs1)NC)C(C)(C)C. The average Bonchev–Trinajstić information content (AvgIpc) is 2.80. The molecule has 0 spiro atoms. The van der Waals surface area contributed by atoms with Crippen LogP contribution in [0.1, 0.15) is 39.0 Å². The molecule has 104 valence electrons. The highest BCUT2D eigenvalue weighted by atomic mass is 32.1. The summed E-state index contributed by atoms with van der Waals surface area (Å²) in [7, 11) is 2.04. The molecule has 0 aliphatic carbocycles. The molecule has 18 heavy (non-hydrogen) atoms. The third kappa shape index (κ3) is 4.71. The summed E-state index contributed by atoms with van der Waals surface area (Å²) in [6.07, 6.45) is 2.51. The Bertz CT molecular complexity index is 316. The Morgan fingerprint density at radius 3 is 2.56 bits per heavy atom. The molecule has 0 radical (unpaired) electrons. The van der Waals surface area contributed by atoms with Gasteiger partial charge in [0.15, 0.2) is 0 Å². The quantitative estimate of drug-likeness (QED) is 0.814. The predicted molar refractivity (Wildman–Crippen MR) is 80.4 cm³/mol. The highest BCUT2D eigenvalue weighted by molar-refractivity contribution is 7.09. The van der Waals surface area contributed by atoms with Crippen molar-refractivity contribution in [3.63, 3.8) is 0 Å². The smallest absolute Gasteiger partial charge is 0.0775 e. The van der Waals surface area contributed by atoms with Gasteiger partial charge in [-0.25, -0.2) is 0 Å². The second-order valence-electron chi connectivity index (χ2n) is 5.76. The van der Waals surface area contributed by atoms with E-state index in [4.69, 9.17) is 4.74 Å². The Labute approximate surface area is 116 Å². The second kappa shape index (κ2) is 7.27. The van der Waals surface area contributed by atoms with Crippen molar-refractivity contribution in [2.45, 2.75) is 52.7 Å². The van der Waals surface area contributed by atoms with Gasteiger partial charge in [0.2, 0.25) is 0 Å². The van der Waals surface area contributed by atoms with E-state index in [2.05, 4.69) is 50.5 Å². The van der Waals surface area contributed by atoms with E-state index in [1.54, 1.807) is 0 Å². The van der Waals surface area contributed by atoms with Gasteiger partial charge in [0.05, 0.1) is 6.10 Å². The maximum atomic E-state index is 5.97. The molecule has 3 heteroatoms. The van der Waals surface area contributed by atoms with Gasteiger partial charge in [0, 0.05) is 17.5 Å². The molecule has 1 rings (SSSR count). The number of ether oxygens (including phenoxy) is 1. The minimum Gasteiger partial charge on any atom is -0.376 e. The minimum absolute atomic E-state index is 0.166. The molecular weight excluding hydrogens is 242 g/mol. The summed E-state index contributed by atoms with van der Waals surface area (Å²) in [6.45, 7) is 9.61. The molecule has 0 aliphatic heterocycles. The van der Waals surface area contributed by atoms with Crippen LogP contribution in [0.4, 0.5) is 0 Å². The highest BCUT2D eigenvalue weighted by Gasteiger charge is 2.31. The summed E-state index contributed by atoms with van der Waals surface area (Å²) in [5.74, 6) is 0. The lowest BCUT2D eigenvalue weighted by Gasteiger charge is -2.36. The van der Waals surface area contributed by atoms with E-state index in [9.17, 15) is 0 Å². The van der Waals surface area contributed by atoms with Crippen LogP contribution in [0.3, 0.4) is 0 Å². The van der Waals surface area contributed by atoms with Crippen molar-refractivity contribution in [3.05, 3.63) is 22.4 Å². The van der Waals surface area contributed by atoms with E-state index in [0.717, 1.165) is 19.4 Å². The summed E-state index contributed by atoms with van der Waals surface area (Å²) >= 11 is 1.84. The number of rotatable bonds is 7. The van der Waals surface area contributed by atoms with Gasteiger partial charge in [-0.2, -0.15) is 0 Å². The lowest BCUT2D eigenvalue weighted by Crippen LogP contribution is -2.47. The predicted octanol–water partition coefficient (Wildman–Crippen LogP) is 3.72. The maximum Gasteiger partial charge on any atom is 0.0775 e. The molecule has 1 aromatic rings. The Balaban J connectivity index is 2.61. The fourth-order valence-electron chi connectivity index (χ4n) is 2.35. The van der Waals surface area contributed by atoms with E-state index in [-0.39, 0.29) is 11.5 Å². The molecule has 0 aromatic carbocycles. The van der Waals surface area contributed by atoms with Crippen LogP contribution in [0.15, 0.2) is 17.5 Å². The van der Waals surface area contributed by atoms with Gasteiger partial charge in [0.25, 0.3) is 0 Å². The van der Waals surface area contributed by atoms with Gasteiger partial charge in [0.1, 0.15) is 0 Å². The van der Waals surface area contributed by atoms with Crippen molar-refractivity contribution >= 4 is 11.3 Å². The Morgan fingerprint density at radius 1 is 1.39 bits per heavy atom. The van der Waals surface area contributed by atoms with Crippen molar-refractivity contribution in [1.82, 2.24) is 5.32 Å². The van der Waals surface area contributed by atoms with Crippen LogP contribution >= 0.6 is 11.3 Å². The van der Waals surface area contributed by atoms with Crippen molar-refractivity contribution in [2.75, 3.05) is 13.7 Å². The first-order valence-corrected chi connectivity index (χ1v) is 7.68. The van der Waals surface area contributed by atoms with Gasteiger partial charge in [-0.15, -0.1) is 11.3 Å². The maximum absolute atomic E-state index is 5.97. The first-order valence-electron chi connectivity index (χ1n) is 6.80. The zero-order valence-electron chi connectivity index (χ0n) is 12.3. The topological polar surface area (TPSA) is 21.3 Å². The van der Waals surface area contributed by atoms with Gasteiger partial charge in [-0.05, 0) is 43.7 Å². The molecule has 0 aliphatic rings. The van der Waals surface area contributed by atoms with Crippen LogP contribution in [0, 0.1) is 5.41 Å². The molecule has 0 fully saturated rings. The lowest BCUT2D eigenvalue weighted by atomic mass is 9.83. The number of nitrogens with one attached hydrogen (secondary N) is 1. The van der Waals surface area contributed by atoms with Crippen molar-refractivity contribution in [3.8, 4) is 0 Å². The van der Waals surface area contributed by atoms with Crippen LogP contribution in [-0.2, 0) is 11.2 Å². The van der Waals surface area contributed by atoms with Gasteiger partial charge in [-0.3, -0.25) is 0 Å². The highest BCUT2D eigenvalue weighted by Crippen LogP contribution is 2.27. The van der Waals surface area contributed by atoms with E-state index in [1.165, 1.54) is 4.88 Å². The average molecular weight is 269 g/mol. The fourth-order valence-corrected chi connectivity index (χ4v) is 3.07. The Kier molecular flexibility index (Phi) is 6.33. The van der Waals surface area contributed by atoms with E-state index in [1.807, 2.05) is 18.4 Å². The van der Waals surface area contributed by atoms with E-state index in [0.29, 0.717) is 6.04 Å². The lowest BCUT2D eigenvalue weighted by molar-refractivity contribution is -0.0357. The number of thiophene rings is 1. The molecule has 1 aromatic heterocycles. The molecular formula is C15H27NOS. The first-order chi connectivity index (χ1) is 8.49. The number of likely N-dealkylation sites (N-methyl/N-ethyl adjacent to an activating group) is 1. The zero-order valence-corrected chi connectivity index (χ0v) is 13.1. The molecule has 2 atom stereocenters. The normalized spacial score (nSPS) is 15.6. The Morgan fingerprint density at radius 2 is 2.11 bits per heavy atom. The third-order valence-corrected chi connectivity index (χ3v) is 4.15. The van der Waals surface area contributed by atoms with Crippen LogP contribution in [0.5, 0.6) is 0 Å². The van der Waals surface area contributed by atoms with E-state index >= 15 is 0 Å². The molecule has 2 nitrogen and oxygen atoms in total. The van der Waals surface area contributed by atoms with Gasteiger partial charge >= 0.3 is 0 Å². The molecule has 0 saturated carbocycles. The van der Waals surface area contributed by atoms with Crippen molar-refractivity contribution in [1.29, 1.82) is 0 Å². The minimum atomic E-state index is 0.166. The van der Waals surface area contributed by atoms with Crippen molar-refractivity contribution in [2.24, 2.45) is 5.41 Å². The van der Waals surface area contributed by atoms with Gasteiger partial charge in [-0.1, -0.05) is 26.8 Å². The summed E-state index contributed by atoms with van der Waals surface area (Å²) in [5.41, 5.74) is 0.166. The monoisotopic (exact) mass is 269 g/mol. The molecule has 0 saturated heterocycles. The zero-order chi connectivity index (χ0) is 13.6. The number of hydrogen-bond donors (Lipinski definition) is 1. The first kappa shape index (κ1) is 15.7. The third-order valence-electron chi connectivity index (χ3n) is 3.22. The fraction of sp³-hybridized carbons (Fsp3) is 0.733. The second-order valence-corrected chi connectivity index (χ2v) is 6.79.